The van der Waals surface area contributed by atoms with E-state index < -0.39 is 0 Å². The molecule has 8 nitrogen and oxygen atoms in total. The molecule has 1 aliphatic carbocycles. The Morgan fingerprint density at radius 1 is 1.56 bits per heavy atom. The van der Waals surface area contributed by atoms with E-state index in [9.17, 15) is 4.79 Å². The molecule has 1 saturated carbocycles. The number of nitrogens with zero attached hydrogens (tertiary/aromatic N) is 5. The predicted octanol–water partition coefficient (Wildman–Crippen LogP) is 0.264. The number of aromatic nitrogens is 6. The summed E-state index contributed by atoms with van der Waals surface area (Å²) in [5.74, 6) is 0.819. The van der Waals surface area contributed by atoms with E-state index in [1.807, 2.05) is 6.92 Å². The zero-order chi connectivity index (χ0) is 12.5. The Kier molecular flexibility index (Phi) is 2.54. The smallest absolute Gasteiger partial charge is 0.293 e. The van der Waals surface area contributed by atoms with E-state index in [0.29, 0.717) is 17.7 Å². The highest BCUT2D eigenvalue weighted by Gasteiger charge is 2.25. The summed E-state index contributed by atoms with van der Waals surface area (Å²) >= 11 is 0. The third-order valence-electron chi connectivity index (χ3n) is 2.91. The summed E-state index contributed by atoms with van der Waals surface area (Å²) < 4.78 is 1.72. The van der Waals surface area contributed by atoms with Crippen LogP contribution in [0.1, 0.15) is 37.7 Å². The van der Waals surface area contributed by atoms with Crippen molar-refractivity contribution in [2.24, 2.45) is 0 Å². The topological polar surface area (TPSA) is 101 Å². The Balaban J connectivity index is 1.84. The van der Waals surface area contributed by atoms with Crippen LogP contribution in [0.15, 0.2) is 17.2 Å². The number of aromatic amines is 1. The quantitative estimate of drug-likeness (QED) is 0.803. The van der Waals surface area contributed by atoms with E-state index in [1.165, 1.54) is 0 Å². The van der Waals surface area contributed by atoms with Crippen molar-refractivity contribution in [3.63, 3.8) is 0 Å². The highest BCUT2D eigenvalue weighted by atomic mass is 16.1. The van der Waals surface area contributed by atoms with Crippen molar-refractivity contribution in [1.29, 1.82) is 0 Å². The van der Waals surface area contributed by atoms with Crippen LogP contribution in [0.25, 0.3) is 0 Å². The predicted molar refractivity (Wildman–Crippen MR) is 63.0 cm³/mol. The fraction of sp³-hybridized carbons (Fsp3) is 0.500. The van der Waals surface area contributed by atoms with Crippen LogP contribution in [0.5, 0.6) is 0 Å². The van der Waals surface area contributed by atoms with Crippen molar-refractivity contribution in [2.75, 3.05) is 5.32 Å². The standard InChI is InChI=1S/C10H13N7O/c1-6(8-13-15-16-14-8)12-9-10(18)17(5-4-11-9)7-2-3-7/h4-7H,2-3H2,1H3,(H,11,12)(H,13,14,15,16). The fourth-order valence-corrected chi connectivity index (χ4v) is 1.79. The van der Waals surface area contributed by atoms with Gasteiger partial charge in [-0.1, -0.05) is 5.21 Å². The average molecular weight is 247 g/mol. The molecule has 0 saturated heterocycles. The molecular formula is C10H13N7O. The molecule has 2 N–H and O–H groups in total. The lowest BCUT2D eigenvalue weighted by molar-refractivity contribution is 0.693. The van der Waals surface area contributed by atoms with Gasteiger partial charge in [-0.2, -0.15) is 5.21 Å². The number of nitrogens with one attached hydrogen (secondary N) is 2. The SMILES string of the molecule is CC(Nc1nccn(C2CC2)c1=O)c1nn[nH]n1. The molecule has 1 fully saturated rings. The van der Waals surface area contributed by atoms with Crippen LogP contribution in [-0.2, 0) is 0 Å². The molecule has 8 heteroatoms. The van der Waals surface area contributed by atoms with Crippen molar-refractivity contribution >= 4 is 5.82 Å². The minimum atomic E-state index is -0.223. The van der Waals surface area contributed by atoms with Crippen LogP contribution >= 0.6 is 0 Å². The normalized spacial score (nSPS) is 16.5. The van der Waals surface area contributed by atoms with E-state index in [1.54, 1.807) is 17.0 Å². The molecule has 1 aliphatic rings. The molecule has 2 aromatic rings. The second-order valence-corrected chi connectivity index (χ2v) is 4.36. The first-order valence-electron chi connectivity index (χ1n) is 5.82. The first kappa shape index (κ1) is 10.9. The van der Waals surface area contributed by atoms with Gasteiger partial charge in [-0.05, 0) is 19.8 Å². The van der Waals surface area contributed by atoms with E-state index in [-0.39, 0.29) is 11.6 Å². The third-order valence-corrected chi connectivity index (χ3v) is 2.91. The van der Waals surface area contributed by atoms with E-state index in [2.05, 4.69) is 30.9 Å². The Labute approximate surface area is 102 Å². The molecule has 1 atom stereocenters. The van der Waals surface area contributed by atoms with Gasteiger partial charge in [-0.15, -0.1) is 10.2 Å². The third kappa shape index (κ3) is 1.96. The Bertz CT molecular complexity index is 587. The molecular weight excluding hydrogens is 234 g/mol. The zero-order valence-corrected chi connectivity index (χ0v) is 9.87. The second kappa shape index (κ2) is 4.21. The minimum Gasteiger partial charge on any atom is -0.356 e. The van der Waals surface area contributed by atoms with Crippen molar-refractivity contribution in [2.45, 2.75) is 31.8 Å². The van der Waals surface area contributed by atoms with Crippen LogP contribution in [0.2, 0.25) is 0 Å². The van der Waals surface area contributed by atoms with Crippen LogP contribution < -0.4 is 10.9 Å². The molecule has 2 aromatic heterocycles. The van der Waals surface area contributed by atoms with E-state index in [4.69, 9.17) is 0 Å². The maximum atomic E-state index is 12.1. The van der Waals surface area contributed by atoms with Gasteiger partial charge in [0.25, 0.3) is 5.56 Å². The summed E-state index contributed by atoms with van der Waals surface area (Å²) in [6, 6.07) is 0.112. The Hall–Kier alpha value is -2.25. The lowest BCUT2D eigenvalue weighted by Gasteiger charge is -2.11. The van der Waals surface area contributed by atoms with Gasteiger partial charge >= 0.3 is 0 Å². The largest absolute Gasteiger partial charge is 0.356 e. The summed E-state index contributed by atoms with van der Waals surface area (Å²) in [6.45, 7) is 1.85. The Morgan fingerprint density at radius 3 is 3.06 bits per heavy atom. The van der Waals surface area contributed by atoms with Crippen molar-refractivity contribution in [3.05, 3.63) is 28.6 Å². The molecule has 1 unspecified atom stereocenters. The molecule has 0 aromatic carbocycles. The molecule has 0 amide bonds. The summed E-state index contributed by atoms with van der Waals surface area (Å²) in [5.41, 5.74) is -0.102. The van der Waals surface area contributed by atoms with Gasteiger partial charge < -0.3 is 9.88 Å². The molecule has 0 radical (unpaired) electrons. The van der Waals surface area contributed by atoms with Gasteiger partial charge in [-0.3, -0.25) is 4.79 Å². The number of H-pyrrole nitrogens is 1. The van der Waals surface area contributed by atoms with Crippen molar-refractivity contribution < 1.29 is 0 Å². The first-order valence-corrected chi connectivity index (χ1v) is 5.82. The summed E-state index contributed by atoms with van der Waals surface area (Å²) in [6.07, 6.45) is 5.47. The number of tetrazole rings is 1. The van der Waals surface area contributed by atoms with Crippen LogP contribution in [0.4, 0.5) is 5.82 Å². The fourth-order valence-electron chi connectivity index (χ4n) is 1.79. The van der Waals surface area contributed by atoms with Gasteiger partial charge in [0.05, 0.1) is 6.04 Å². The molecule has 18 heavy (non-hydrogen) atoms. The van der Waals surface area contributed by atoms with Crippen molar-refractivity contribution in [1.82, 2.24) is 30.2 Å². The number of hydrogen-bond acceptors (Lipinski definition) is 6. The second-order valence-electron chi connectivity index (χ2n) is 4.36. The van der Waals surface area contributed by atoms with E-state index in [0.717, 1.165) is 12.8 Å². The van der Waals surface area contributed by atoms with Crippen LogP contribution in [0, 0.1) is 0 Å². The minimum absolute atomic E-state index is 0.102. The van der Waals surface area contributed by atoms with Crippen molar-refractivity contribution in [3.8, 4) is 0 Å². The summed E-state index contributed by atoms with van der Waals surface area (Å²) in [5, 5.41) is 16.6. The molecule has 0 aliphatic heterocycles. The van der Waals surface area contributed by atoms with Crippen LogP contribution in [0.3, 0.4) is 0 Å². The molecule has 0 spiro atoms. The number of hydrogen-bond donors (Lipinski definition) is 2. The maximum Gasteiger partial charge on any atom is 0.293 e. The van der Waals surface area contributed by atoms with Gasteiger partial charge in [0.2, 0.25) is 0 Å². The Morgan fingerprint density at radius 2 is 2.39 bits per heavy atom. The number of anilines is 1. The summed E-state index contributed by atoms with van der Waals surface area (Å²) in [4.78, 5) is 16.2. The van der Waals surface area contributed by atoms with Gasteiger partial charge in [-0.25, -0.2) is 4.98 Å². The summed E-state index contributed by atoms with van der Waals surface area (Å²) in [7, 11) is 0. The molecule has 0 bridgehead atoms. The average Bonchev–Trinajstić information content (AvgIpc) is 3.05. The molecule has 2 heterocycles. The highest BCUT2D eigenvalue weighted by molar-refractivity contribution is 5.33. The zero-order valence-electron chi connectivity index (χ0n) is 9.87. The van der Waals surface area contributed by atoms with Gasteiger partial charge in [0, 0.05) is 18.4 Å². The number of rotatable bonds is 4. The highest BCUT2D eigenvalue weighted by Crippen LogP contribution is 2.33. The van der Waals surface area contributed by atoms with E-state index >= 15 is 0 Å². The lowest BCUT2D eigenvalue weighted by Crippen LogP contribution is -2.25. The molecule has 3 rings (SSSR count). The monoisotopic (exact) mass is 247 g/mol. The maximum absolute atomic E-state index is 12.1. The van der Waals surface area contributed by atoms with Crippen LogP contribution in [-0.4, -0.2) is 30.2 Å². The van der Waals surface area contributed by atoms with Gasteiger partial charge in [0.15, 0.2) is 11.6 Å². The lowest BCUT2D eigenvalue weighted by atomic mass is 10.3. The molecule has 94 valence electrons. The van der Waals surface area contributed by atoms with Gasteiger partial charge in [0.1, 0.15) is 0 Å². The first-order chi connectivity index (χ1) is 8.75.